The van der Waals surface area contributed by atoms with Crippen molar-refractivity contribution in [2.45, 2.75) is 45.1 Å². The first-order chi connectivity index (χ1) is 20.0. The number of nitrogens with zero attached hydrogens (tertiary/aromatic N) is 5. The van der Waals surface area contributed by atoms with Gasteiger partial charge in [-0.1, -0.05) is 29.3 Å². The van der Waals surface area contributed by atoms with Gasteiger partial charge < -0.3 is 19.8 Å². The number of aryl methyl sites for hydroxylation is 2. The zero-order chi connectivity index (χ0) is 31.9. The third kappa shape index (κ3) is 10.1. The fourth-order valence-electron chi connectivity index (χ4n) is 4.68. The maximum absolute atomic E-state index is 10.6. The summed E-state index contributed by atoms with van der Waals surface area (Å²) < 4.78 is 70.9. The number of anilines is 1. The molecular weight excluding hydrogens is 588 g/mol. The molecule has 2 aliphatic heterocycles. The molecule has 43 heavy (non-hydrogen) atoms. The van der Waals surface area contributed by atoms with E-state index in [4.69, 9.17) is 34.6 Å². The molecule has 0 amide bonds. The number of carbonyl (C=O) groups is 2. The van der Waals surface area contributed by atoms with Crippen LogP contribution in [0, 0.1) is 13.8 Å². The molecule has 2 aromatic heterocycles. The first kappa shape index (κ1) is 33.6. The van der Waals surface area contributed by atoms with Crippen LogP contribution in [-0.2, 0) is 20.9 Å². The summed E-state index contributed by atoms with van der Waals surface area (Å²) in [7, 11) is 0. The number of halogens is 6. The molecule has 2 aliphatic rings. The molecular formula is C27H31F6N5O5. The lowest BCUT2D eigenvalue weighted by atomic mass is 10.1. The SMILES string of the molecule is Cc1cc(C)cc(CN2CCC(c3nc4ccc(N5CCOCC5)cn4n3)C2)c1.O=C(O)C(F)(F)F.O=C(O)C(F)(F)F. The molecule has 1 atom stereocenters. The molecule has 0 aliphatic carbocycles. The average Bonchev–Trinajstić information content (AvgIpc) is 3.55. The highest BCUT2D eigenvalue weighted by Gasteiger charge is 2.39. The number of ether oxygens (including phenoxy) is 1. The first-order valence-electron chi connectivity index (χ1n) is 13.1. The zero-order valence-corrected chi connectivity index (χ0v) is 23.3. The number of aliphatic carboxylic acids is 2. The van der Waals surface area contributed by atoms with E-state index < -0.39 is 24.3 Å². The highest BCUT2D eigenvalue weighted by Crippen LogP contribution is 2.27. The van der Waals surface area contributed by atoms with Crippen molar-refractivity contribution in [1.29, 1.82) is 0 Å². The molecule has 2 saturated heterocycles. The molecule has 1 unspecified atom stereocenters. The average molecular weight is 620 g/mol. The normalized spacial score (nSPS) is 17.6. The molecule has 2 N–H and O–H groups in total. The Kier molecular flexibility index (Phi) is 11.0. The van der Waals surface area contributed by atoms with Crippen LogP contribution in [0.5, 0.6) is 0 Å². The van der Waals surface area contributed by atoms with Gasteiger partial charge in [0.25, 0.3) is 0 Å². The molecule has 5 rings (SSSR count). The number of likely N-dealkylation sites (tertiary alicyclic amines) is 1. The van der Waals surface area contributed by atoms with E-state index in [0.717, 1.165) is 63.8 Å². The number of benzene rings is 1. The van der Waals surface area contributed by atoms with Gasteiger partial charge in [0.15, 0.2) is 11.5 Å². The van der Waals surface area contributed by atoms with E-state index in [9.17, 15) is 26.3 Å². The standard InChI is InChI=1S/C23H29N5O.2C2HF3O2/c1-17-11-18(2)13-19(12-17)14-26-6-5-20(15-26)23-24-22-4-3-21(16-28(22)25-23)27-7-9-29-10-8-27;2*3-2(4,5)1(6)7/h3-4,11-13,16,20H,5-10,14-15H2,1-2H3;2*(H,6,7). The Morgan fingerprint density at radius 3 is 2.02 bits per heavy atom. The Labute approximate surface area is 242 Å². The Morgan fingerprint density at radius 1 is 0.930 bits per heavy atom. The van der Waals surface area contributed by atoms with E-state index in [1.165, 1.54) is 22.4 Å². The van der Waals surface area contributed by atoms with Crippen LogP contribution in [0.15, 0.2) is 36.5 Å². The van der Waals surface area contributed by atoms with E-state index in [1.54, 1.807) is 0 Å². The van der Waals surface area contributed by atoms with E-state index in [0.29, 0.717) is 5.92 Å². The van der Waals surface area contributed by atoms with Crippen molar-refractivity contribution >= 4 is 23.3 Å². The van der Waals surface area contributed by atoms with Crippen molar-refractivity contribution < 1.29 is 50.9 Å². The summed E-state index contributed by atoms with van der Waals surface area (Å²) in [6.45, 7) is 10.9. The summed E-state index contributed by atoms with van der Waals surface area (Å²) >= 11 is 0. The number of carboxylic acids is 2. The van der Waals surface area contributed by atoms with Gasteiger partial charge in [-0.15, -0.1) is 0 Å². The molecule has 1 aromatic carbocycles. The van der Waals surface area contributed by atoms with Crippen LogP contribution < -0.4 is 4.90 Å². The van der Waals surface area contributed by atoms with E-state index in [2.05, 4.69) is 60.2 Å². The van der Waals surface area contributed by atoms with E-state index in [1.807, 2.05) is 4.52 Å². The number of rotatable bonds is 4. The van der Waals surface area contributed by atoms with E-state index >= 15 is 0 Å². The van der Waals surface area contributed by atoms with Crippen LogP contribution in [0.1, 0.15) is 34.9 Å². The van der Waals surface area contributed by atoms with Crippen LogP contribution in [0.3, 0.4) is 0 Å². The fourth-order valence-corrected chi connectivity index (χ4v) is 4.68. The smallest absolute Gasteiger partial charge is 0.475 e. The Morgan fingerprint density at radius 2 is 1.49 bits per heavy atom. The van der Waals surface area contributed by atoms with Gasteiger partial charge in [-0.3, -0.25) is 4.90 Å². The van der Waals surface area contributed by atoms with E-state index in [-0.39, 0.29) is 0 Å². The summed E-state index contributed by atoms with van der Waals surface area (Å²) in [6.07, 6.45) is -6.93. The molecule has 4 heterocycles. The lowest BCUT2D eigenvalue weighted by Crippen LogP contribution is -2.36. The number of alkyl halides is 6. The van der Waals surface area contributed by atoms with Crippen molar-refractivity contribution in [2.24, 2.45) is 0 Å². The van der Waals surface area contributed by atoms with Crippen LogP contribution in [-0.4, -0.2) is 93.4 Å². The zero-order valence-electron chi connectivity index (χ0n) is 23.3. The molecule has 3 aromatic rings. The third-order valence-corrected chi connectivity index (χ3v) is 6.52. The van der Waals surface area contributed by atoms with Crippen molar-refractivity contribution in [2.75, 3.05) is 44.3 Å². The largest absolute Gasteiger partial charge is 0.490 e. The van der Waals surface area contributed by atoms with Crippen LogP contribution in [0.4, 0.5) is 32.0 Å². The predicted octanol–water partition coefficient (Wildman–Crippen LogP) is 4.44. The van der Waals surface area contributed by atoms with Gasteiger partial charge in [-0.25, -0.2) is 19.1 Å². The van der Waals surface area contributed by atoms with Crippen LogP contribution in [0.25, 0.3) is 5.65 Å². The summed E-state index contributed by atoms with van der Waals surface area (Å²) in [6, 6.07) is 11.1. The monoisotopic (exact) mass is 619 g/mol. The van der Waals surface area contributed by atoms with Crippen molar-refractivity contribution in [3.8, 4) is 0 Å². The van der Waals surface area contributed by atoms with Gasteiger partial charge in [0, 0.05) is 32.1 Å². The van der Waals surface area contributed by atoms with Gasteiger partial charge in [0.2, 0.25) is 0 Å². The quantitative estimate of drug-likeness (QED) is 0.409. The van der Waals surface area contributed by atoms with Crippen molar-refractivity contribution in [3.05, 3.63) is 59.0 Å². The lowest BCUT2D eigenvalue weighted by molar-refractivity contribution is -0.193. The van der Waals surface area contributed by atoms with Crippen molar-refractivity contribution in [1.82, 2.24) is 19.5 Å². The minimum Gasteiger partial charge on any atom is -0.475 e. The number of pyridine rings is 1. The third-order valence-electron chi connectivity index (χ3n) is 6.52. The number of hydrogen-bond acceptors (Lipinski definition) is 7. The van der Waals surface area contributed by atoms with Gasteiger partial charge in [-0.05, 0) is 44.5 Å². The molecule has 16 heteroatoms. The number of fused-ring (bicyclic) bond motifs is 1. The highest BCUT2D eigenvalue weighted by atomic mass is 19.4. The van der Waals surface area contributed by atoms with Crippen LogP contribution >= 0.6 is 0 Å². The van der Waals surface area contributed by atoms with Gasteiger partial charge >= 0.3 is 24.3 Å². The second kappa shape index (κ2) is 14.0. The Balaban J connectivity index is 0.000000303. The number of morpholine rings is 1. The highest BCUT2D eigenvalue weighted by molar-refractivity contribution is 5.73. The number of carboxylic acid groups (broad SMARTS) is 2. The van der Waals surface area contributed by atoms with Crippen molar-refractivity contribution in [3.63, 3.8) is 0 Å². The minimum absolute atomic E-state index is 0.410. The Bertz CT molecular complexity index is 1360. The minimum atomic E-state index is -5.08. The second-order valence-corrected chi connectivity index (χ2v) is 10.1. The van der Waals surface area contributed by atoms with Crippen LogP contribution in [0.2, 0.25) is 0 Å². The Hall–Kier alpha value is -3.92. The topological polar surface area (TPSA) is 121 Å². The fraction of sp³-hybridized carbons (Fsp3) is 0.481. The van der Waals surface area contributed by atoms with Gasteiger partial charge in [-0.2, -0.15) is 31.4 Å². The molecule has 0 radical (unpaired) electrons. The summed E-state index contributed by atoms with van der Waals surface area (Å²) in [5, 5.41) is 19.1. The molecule has 0 spiro atoms. The number of aromatic nitrogens is 3. The van der Waals surface area contributed by atoms with Gasteiger partial charge in [0.05, 0.1) is 25.1 Å². The maximum atomic E-state index is 10.6. The summed E-state index contributed by atoms with van der Waals surface area (Å²) in [5.74, 6) is -4.13. The lowest BCUT2D eigenvalue weighted by Gasteiger charge is -2.28. The molecule has 2 fully saturated rings. The van der Waals surface area contributed by atoms with Gasteiger partial charge in [0.1, 0.15) is 0 Å². The number of hydrogen-bond donors (Lipinski definition) is 2. The molecule has 10 nitrogen and oxygen atoms in total. The molecule has 236 valence electrons. The molecule has 0 bridgehead atoms. The summed E-state index contributed by atoms with van der Waals surface area (Å²) in [5.41, 5.74) is 6.22. The maximum Gasteiger partial charge on any atom is 0.490 e. The summed E-state index contributed by atoms with van der Waals surface area (Å²) in [4.78, 5) is 27.5. The predicted molar refractivity (Wildman–Crippen MR) is 142 cm³/mol. The second-order valence-electron chi connectivity index (χ2n) is 10.1. The molecule has 0 saturated carbocycles. The first-order valence-corrected chi connectivity index (χ1v) is 13.1.